The molecular formula is C19H24N2. The van der Waals surface area contributed by atoms with Crippen molar-refractivity contribution in [1.82, 2.24) is 10.3 Å². The van der Waals surface area contributed by atoms with Crippen molar-refractivity contribution in [2.75, 3.05) is 0 Å². The molecule has 0 spiro atoms. The molecule has 1 saturated carbocycles. The van der Waals surface area contributed by atoms with E-state index in [-0.39, 0.29) is 0 Å². The van der Waals surface area contributed by atoms with Gasteiger partial charge in [-0.3, -0.25) is 4.98 Å². The van der Waals surface area contributed by atoms with Gasteiger partial charge in [0.1, 0.15) is 0 Å². The average molecular weight is 280 g/mol. The van der Waals surface area contributed by atoms with Gasteiger partial charge in [0.05, 0.1) is 5.69 Å². The number of hydrogen-bond donors (Lipinski definition) is 1. The molecule has 1 heterocycles. The van der Waals surface area contributed by atoms with Crippen LogP contribution < -0.4 is 5.32 Å². The first-order valence-corrected chi connectivity index (χ1v) is 8.01. The van der Waals surface area contributed by atoms with Crippen LogP contribution in [0.3, 0.4) is 0 Å². The van der Waals surface area contributed by atoms with Crippen LogP contribution >= 0.6 is 0 Å². The van der Waals surface area contributed by atoms with Gasteiger partial charge in [-0.2, -0.15) is 0 Å². The fourth-order valence-electron chi connectivity index (χ4n) is 3.21. The zero-order valence-corrected chi connectivity index (χ0v) is 12.8. The van der Waals surface area contributed by atoms with E-state index in [0.717, 1.165) is 18.2 Å². The van der Waals surface area contributed by atoms with Gasteiger partial charge in [0.15, 0.2) is 0 Å². The van der Waals surface area contributed by atoms with Crippen LogP contribution in [-0.4, -0.2) is 11.0 Å². The summed E-state index contributed by atoms with van der Waals surface area (Å²) in [6, 6.07) is 15.9. The number of nitrogens with one attached hydrogen (secondary N) is 1. The normalized spacial score (nSPS) is 22.1. The second kappa shape index (κ2) is 6.86. The summed E-state index contributed by atoms with van der Waals surface area (Å²) in [5.74, 6) is 0.752. The van der Waals surface area contributed by atoms with E-state index in [0.29, 0.717) is 6.04 Å². The van der Waals surface area contributed by atoms with Crippen LogP contribution in [0.5, 0.6) is 0 Å². The first-order valence-electron chi connectivity index (χ1n) is 8.01. The van der Waals surface area contributed by atoms with E-state index in [4.69, 9.17) is 0 Å². The van der Waals surface area contributed by atoms with Crippen LogP contribution in [0, 0.1) is 6.92 Å². The molecule has 0 atom stereocenters. The third kappa shape index (κ3) is 3.92. The molecule has 1 aromatic carbocycles. The van der Waals surface area contributed by atoms with E-state index in [9.17, 15) is 0 Å². The van der Waals surface area contributed by atoms with Crippen molar-refractivity contribution in [2.24, 2.45) is 0 Å². The Kier molecular flexibility index (Phi) is 4.66. The molecule has 3 rings (SSSR count). The van der Waals surface area contributed by atoms with Crippen molar-refractivity contribution in [1.29, 1.82) is 0 Å². The largest absolute Gasteiger partial charge is 0.308 e. The highest BCUT2D eigenvalue weighted by molar-refractivity contribution is 5.20. The van der Waals surface area contributed by atoms with Crippen LogP contribution in [0.25, 0.3) is 0 Å². The van der Waals surface area contributed by atoms with Gasteiger partial charge in [-0.05, 0) is 55.7 Å². The summed E-state index contributed by atoms with van der Waals surface area (Å²) in [5.41, 5.74) is 3.88. The summed E-state index contributed by atoms with van der Waals surface area (Å²) in [5, 5.41) is 3.67. The number of aryl methyl sites for hydroxylation is 1. The monoisotopic (exact) mass is 280 g/mol. The zero-order chi connectivity index (χ0) is 14.5. The van der Waals surface area contributed by atoms with Gasteiger partial charge in [0, 0.05) is 18.8 Å². The molecule has 2 aromatic rings. The molecule has 2 nitrogen and oxygen atoms in total. The molecule has 0 unspecified atom stereocenters. The minimum absolute atomic E-state index is 0.646. The maximum atomic E-state index is 4.46. The minimum atomic E-state index is 0.646. The summed E-state index contributed by atoms with van der Waals surface area (Å²) in [7, 11) is 0. The second-order valence-corrected chi connectivity index (χ2v) is 6.17. The van der Waals surface area contributed by atoms with E-state index in [1.165, 1.54) is 36.8 Å². The fourth-order valence-corrected chi connectivity index (χ4v) is 3.21. The fraction of sp³-hybridized carbons (Fsp3) is 0.421. The van der Waals surface area contributed by atoms with Crippen LogP contribution in [0.4, 0.5) is 0 Å². The van der Waals surface area contributed by atoms with Crippen molar-refractivity contribution in [3.8, 4) is 0 Å². The van der Waals surface area contributed by atoms with Gasteiger partial charge in [0.2, 0.25) is 0 Å². The second-order valence-electron chi connectivity index (χ2n) is 6.17. The smallest absolute Gasteiger partial charge is 0.0541 e. The molecule has 110 valence electrons. The van der Waals surface area contributed by atoms with Gasteiger partial charge in [0.25, 0.3) is 0 Å². The quantitative estimate of drug-likeness (QED) is 0.907. The third-order valence-corrected chi connectivity index (χ3v) is 4.54. The number of aromatic nitrogens is 1. The molecule has 0 aliphatic heterocycles. The first-order chi connectivity index (χ1) is 10.3. The third-order valence-electron chi connectivity index (χ3n) is 4.54. The Morgan fingerprint density at radius 1 is 1.00 bits per heavy atom. The number of pyridine rings is 1. The molecule has 1 aliphatic carbocycles. The molecular weight excluding hydrogens is 256 g/mol. The molecule has 0 amide bonds. The summed E-state index contributed by atoms with van der Waals surface area (Å²) in [6.45, 7) is 2.97. The van der Waals surface area contributed by atoms with Crippen molar-refractivity contribution >= 4 is 0 Å². The Hall–Kier alpha value is -1.67. The Labute approximate surface area is 127 Å². The average Bonchev–Trinajstić information content (AvgIpc) is 2.56. The summed E-state index contributed by atoms with van der Waals surface area (Å²) >= 11 is 0. The van der Waals surface area contributed by atoms with Gasteiger partial charge >= 0.3 is 0 Å². The van der Waals surface area contributed by atoms with Crippen molar-refractivity contribution < 1.29 is 0 Å². The lowest BCUT2D eigenvalue weighted by atomic mass is 9.82. The molecule has 0 bridgehead atoms. The molecule has 0 saturated heterocycles. The van der Waals surface area contributed by atoms with Crippen molar-refractivity contribution in [3.63, 3.8) is 0 Å². The molecule has 1 N–H and O–H groups in total. The van der Waals surface area contributed by atoms with Crippen molar-refractivity contribution in [2.45, 2.75) is 51.1 Å². The van der Waals surface area contributed by atoms with E-state index >= 15 is 0 Å². The van der Waals surface area contributed by atoms with Crippen LogP contribution in [0.2, 0.25) is 0 Å². The SMILES string of the molecule is Cc1ccc(CNC2CCC(c3ccccc3)CC2)nc1. The minimum Gasteiger partial charge on any atom is -0.308 e. The molecule has 21 heavy (non-hydrogen) atoms. The van der Waals surface area contributed by atoms with Crippen LogP contribution in [-0.2, 0) is 6.54 Å². The van der Waals surface area contributed by atoms with Gasteiger partial charge in [-0.15, -0.1) is 0 Å². The molecule has 1 aliphatic rings. The van der Waals surface area contributed by atoms with E-state index < -0.39 is 0 Å². The standard InChI is InChI=1S/C19H24N2/c1-15-7-10-19(20-13-15)14-21-18-11-8-17(9-12-18)16-5-3-2-4-6-16/h2-7,10,13,17-18,21H,8-9,11-12,14H2,1H3. The summed E-state index contributed by atoms with van der Waals surface area (Å²) in [4.78, 5) is 4.46. The maximum Gasteiger partial charge on any atom is 0.0541 e. The Bertz CT molecular complexity index is 540. The van der Waals surface area contributed by atoms with Crippen molar-refractivity contribution in [3.05, 3.63) is 65.5 Å². The number of benzene rings is 1. The number of hydrogen-bond acceptors (Lipinski definition) is 2. The van der Waals surface area contributed by atoms with Gasteiger partial charge in [-0.1, -0.05) is 36.4 Å². The molecule has 1 aromatic heterocycles. The Morgan fingerprint density at radius 3 is 2.43 bits per heavy atom. The lowest BCUT2D eigenvalue weighted by molar-refractivity contribution is 0.340. The Morgan fingerprint density at radius 2 is 1.76 bits per heavy atom. The topological polar surface area (TPSA) is 24.9 Å². The predicted octanol–water partition coefficient (Wildman–Crippen LogP) is 4.21. The lowest BCUT2D eigenvalue weighted by Gasteiger charge is -2.29. The predicted molar refractivity (Wildman–Crippen MR) is 87.3 cm³/mol. The highest BCUT2D eigenvalue weighted by Crippen LogP contribution is 2.32. The number of nitrogens with zero attached hydrogens (tertiary/aromatic N) is 1. The molecule has 2 heteroatoms. The summed E-state index contributed by atoms with van der Waals surface area (Å²) in [6.07, 6.45) is 7.08. The zero-order valence-electron chi connectivity index (χ0n) is 12.8. The Balaban J connectivity index is 1.47. The molecule has 1 fully saturated rings. The van der Waals surface area contributed by atoms with Gasteiger partial charge in [-0.25, -0.2) is 0 Å². The lowest BCUT2D eigenvalue weighted by Crippen LogP contribution is -2.32. The first kappa shape index (κ1) is 14.3. The highest BCUT2D eigenvalue weighted by Gasteiger charge is 2.21. The van der Waals surface area contributed by atoms with E-state index in [1.54, 1.807) is 0 Å². The highest BCUT2D eigenvalue weighted by atomic mass is 14.9. The van der Waals surface area contributed by atoms with Crippen LogP contribution in [0.15, 0.2) is 48.7 Å². The number of rotatable bonds is 4. The summed E-state index contributed by atoms with van der Waals surface area (Å²) < 4.78 is 0. The molecule has 0 radical (unpaired) electrons. The van der Waals surface area contributed by atoms with Crippen LogP contribution in [0.1, 0.15) is 48.4 Å². The van der Waals surface area contributed by atoms with Gasteiger partial charge < -0.3 is 5.32 Å². The van der Waals surface area contributed by atoms with E-state index in [1.807, 2.05) is 6.20 Å². The maximum absolute atomic E-state index is 4.46. The van der Waals surface area contributed by atoms with E-state index in [2.05, 4.69) is 59.7 Å².